The molecule has 0 saturated heterocycles. The maximum Gasteiger partial charge on any atom is 0.166 e. The molecule has 0 radical (unpaired) electrons. The van der Waals surface area contributed by atoms with Crippen molar-refractivity contribution in [2.75, 3.05) is 7.11 Å². The summed E-state index contributed by atoms with van der Waals surface area (Å²) < 4.78 is 7.43. The van der Waals surface area contributed by atoms with Gasteiger partial charge in [-0.3, -0.25) is 0 Å². The molecule has 0 aliphatic rings. The van der Waals surface area contributed by atoms with Gasteiger partial charge in [0.2, 0.25) is 0 Å². The summed E-state index contributed by atoms with van der Waals surface area (Å²) in [5, 5.41) is 9.26. The summed E-state index contributed by atoms with van der Waals surface area (Å²) in [7, 11) is 3.56. The molecule has 0 N–H and O–H groups in total. The Morgan fingerprint density at radius 2 is 2.05 bits per heavy atom. The summed E-state index contributed by atoms with van der Waals surface area (Å²) in [5.74, 6) is 2.02. The van der Waals surface area contributed by atoms with Crippen LogP contribution in [0, 0.1) is 18.3 Å². The van der Waals surface area contributed by atoms with Crippen molar-refractivity contribution in [3.63, 3.8) is 0 Å². The normalized spacial score (nSPS) is 10.7. The third-order valence-corrected chi connectivity index (χ3v) is 3.57. The van der Waals surface area contributed by atoms with Crippen LogP contribution in [-0.2, 0) is 7.05 Å². The molecule has 1 heterocycles. The molecule has 104 valence electrons. The number of ether oxygens (including phenoxy) is 1. The van der Waals surface area contributed by atoms with Crippen LogP contribution in [-0.4, -0.2) is 16.7 Å². The van der Waals surface area contributed by atoms with Gasteiger partial charge in [-0.25, -0.2) is 4.98 Å². The number of benzene rings is 1. The summed E-state index contributed by atoms with van der Waals surface area (Å²) in [6.07, 6.45) is 0. The number of hydrogen-bond donors (Lipinski definition) is 0. The summed E-state index contributed by atoms with van der Waals surface area (Å²) in [6.45, 7) is 6.17. The van der Waals surface area contributed by atoms with E-state index < -0.39 is 0 Å². The van der Waals surface area contributed by atoms with Crippen LogP contribution in [0.4, 0.5) is 0 Å². The molecular weight excluding hydrogens is 250 g/mol. The molecule has 0 aliphatic heterocycles. The Bertz CT molecular complexity index is 678. The lowest BCUT2D eigenvalue weighted by molar-refractivity contribution is 0.415. The number of methoxy groups -OCH3 is 1. The van der Waals surface area contributed by atoms with E-state index in [1.165, 1.54) is 5.56 Å². The van der Waals surface area contributed by atoms with E-state index in [1.807, 2.05) is 30.7 Å². The van der Waals surface area contributed by atoms with Gasteiger partial charge >= 0.3 is 0 Å². The molecule has 0 amide bonds. The van der Waals surface area contributed by atoms with Gasteiger partial charge in [0.05, 0.1) is 12.8 Å². The molecule has 0 saturated carbocycles. The molecule has 4 heteroatoms. The predicted octanol–water partition coefficient (Wildman–Crippen LogP) is 3.40. The van der Waals surface area contributed by atoms with Crippen molar-refractivity contribution in [1.29, 1.82) is 5.26 Å². The van der Waals surface area contributed by atoms with E-state index in [0.29, 0.717) is 11.6 Å². The van der Waals surface area contributed by atoms with Crippen LogP contribution in [0.3, 0.4) is 0 Å². The molecule has 2 aromatic rings. The van der Waals surface area contributed by atoms with Crippen molar-refractivity contribution in [2.45, 2.75) is 26.7 Å². The molecule has 0 atom stereocenters. The molecule has 0 fully saturated rings. The molecule has 1 aromatic carbocycles. The SMILES string of the molecule is COc1cc(C(C)C)ccc1-c1c(C#N)nc(C)n1C. The first-order valence-corrected chi connectivity index (χ1v) is 6.61. The standard InChI is InChI=1S/C16H19N3O/c1-10(2)12-6-7-13(15(8-12)20-5)16-14(9-17)18-11(3)19(16)4/h6-8,10H,1-5H3. The monoisotopic (exact) mass is 269 g/mol. The van der Waals surface area contributed by atoms with Crippen molar-refractivity contribution < 1.29 is 4.74 Å². The zero-order valence-electron chi connectivity index (χ0n) is 12.6. The highest BCUT2D eigenvalue weighted by Gasteiger charge is 2.18. The summed E-state index contributed by atoms with van der Waals surface area (Å²) >= 11 is 0. The van der Waals surface area contributed by atoms with Crippen molar-refractivity contribution in [2.24, 2.45) is 7.05 Å². The first kappa shape index (κ1) is 14.1. The fourth-order valence-corrected chi connectivity index (χ4v) is 2.26. The Morgan fingerprint density at radius 3 is 2.60 bits per heavy atom. The maximum absolute atomic E-state index is 9.26. The highest BCUT2D eigenvalue weighted by molar-refractivity contribution is 5.72. The van der Waals surface area contributed by atoms with Gasteiger partial charge in [0.15, 0.2) is 5.69 Å². The van der Waals surface area contributed by atoms with Crippen LogP contribution in [0.15, 0.2) is 18.2 Å². The number of nitriles is 1. The minimum Gasteiger partial charge on any atom is -0.496 e. The van der Waals surface area contributed by atoms with Gasteiger partial charge in [0.1, 0.15) is 17.6 Å². The lowest BCUT2D eigenvalue weighted by atomic mass is 9.99. The van der Waals surface area contributed by atoms with Crippen molar-refractivity contribution in [3.05, 3.63) is 35.3 Å². The van der Waals surface area contributed by atoms with Gasteiger partial charge in [-0.15, -0.1) is 0 Å². The lowest BCUT2D eigenvalue weighted by Gasteiger charge is -2.13. The van der Waals surface area contributed by atoms with Crippen molar-refractivity contribution >= 4 is 0 Å². The third kappa shape index (κ3) is 2.27. The van der Waals surface area contributed by atoms with Crippen LogP contribution in [0.1, 0.15) is 36.8 Å². The van der Waals surface area contributed by atoms with Crippen LogP contribution in [0.2, 0.25) is 0 Å². The number of imidazole rings is 1. The van der Waals surface area contributed by atoms with E-state index in [-0.39, 0.29) is 0 Å². The second-order valence-electron chi connectivity index (χ2n) is 5.14. The molecule has 20 heavy (non-hydrogen) atoms. The number of rotatable bonds is 3. The van der Waals surface area contributed by atoms with E-state index in [9.17, 15) is 5.26 Å². The Balaban J connectivity index is 2.67. The molecule has 0 unspecified atom stereocenters. The summed E-state index contributed by atoms with van der Waals surface area (Å²) in [5.41, 5.74) is 3.34. The maximum atomic E-state index is 9.26. The quantitative estimate of drug-likeness (QED) is 0.858. The second kappa shape index (κ2) is 5.38. The molecule has 0 bridgehead atoms. The van der Waals surface area contributed by atoms with Gasteiger partial charge in [0.25, 0.3) is 0 Å². The van der Waals surface area contributed by atoms with Crippen molar-refractivity contribution in [1.82, 2.24) is 9.55 Å². The summed E-state index contributed by atoms with van der Waals surface area (Å²) in [4.78, 5) is 4.28. The summed E-state index contributed by atoms with van der Waals surface area (Å²) in [6, 6.07) is 8.27. The number of aromatic nitrogens is 2. The van der Waals surface area contributed by atoms with Gasteiger partial charge in [-0.05, 0) is 30.5 Å². The number of aryl methyl sites for hydroxylation is 1. The minimum atomic E-state index is 0.431. The fraction of sp³-hybridized carbons (Fsp3) is 0.375. The largest absolute Gasteiger partial charge is 0.496 e. The van der Waals surface area contributed by atoms with Crippen LogP contribution in [0.25, 0.3) is 11.3 Å². The second-order valence-corrected chi connectivity index (χ2v) is 5.14. The number of nitrogens with zero attached hydrogens (tertiary/aromatic N) is 3. The average Bonchev–Trinajstić information content (AvgIpc) is 2.73. The van der Waals surface area contributed by atoms with Crippen LogP contribution in [0.5, 0.6) is 5.75 Å². The molecular formula is C16H19N3O. The molecule has 0 aliphatic carbocycles. The highest BCUT2D eigenvalue weighted by atomic mass is 16.5. The predicted molar refractivity (Wildman–Crippen MR) is 78.7 cm³/mol. The average molecular weight is 269 g/mol. The Kier molecular flexibility index (Phi) is 3.80. The van der Waals surface area contributed by atoms with E-state index in [4.69, 9.17) is 4.74 Å². The van der Waals surface area contributed by atoms with E-state index >= 15 is 0 Å². The Morgan fingerprint density at radius 1 is 1.35 bits per heavy atom. The lowest BCUT2D eigenvalue weighted by Crippen LogP contribution is -1.99. The topological polar surface area (TPSA) is 50.8 Å². The van der Waals surface area contributed by atoms with Crippen molar-refractivity contribution in [3.8, 4) is 23.1 Å². The molecule has 1 aromatic heterocycles. The molecule has 4 nitrogen and oxygen atoms in total. The van der Waals surface area contributed by atoms with E-state index in [0.717, 1.165) is 22.8 Å². The molecule has 2 rings (SSSR count). The van der Waals surface area contributed by atoms with Crippen LogP contribution >= 0.6 is 0 Å². The molecule has 0 spiro atoms. The van der Waals surface area contributed by atoms with Gasteiger partial charge in [-0.1, -0.05) is 19.9 Å². The zero-order valence-corrected chi connectivity index (χ0v) is 12.6. The Hall–Kier alpha value is -2.28. The first-order chi connectivity index (χ1) is 9.49. The Labute approximate surface area is 119 Å². The smallest absolute Gasteiger partial charge is 0.166 e. The van der Waals surface area contributed by atoms with Gasteiger partial charge in [0, 0.05) is 12.6 Å². The number of hydrogen-bond acceptors (Lipinski definition) is 3. The first-order valence-electron chi connectivity index (χ1n) is 6.61. The highest BCUT2D eigenvalue weighted by Crippen LogP contribution is 2.34. The van der Waals surface area contributed by atoms with Gasteiger partial charge < -0.3 is 9.30 Å². The van der Waals surface area contributed by atoms with E-state index in [1.54, 1.807) is 7.11 Å². The van der Waals surface area contributed by atoms with Crippen LogP contribution < -0.4 is 4.74 Å². The third-order valence-electron chi connectivity index (χ3n) is 3.57. The zero-order chi connectivity index (χ0) is 14.9. The minimum absolute atomic E-state index is 0.431. The fourth-order valence-electron chi connectivity index (χ4n) is 2.26. The van der Waals surface area contributed by atoms with E-state index in [2.05, 4.69) is 31.0 Å². The van der Waals surface area contributed by atoms with Gasteiger partial charge in [-0.2, -0.15) is 5.26 Å².